The molecule has 0 aliphatic carbocycles. The summed E-state index contributed by atoms with van der Waals surface area (Å²) < 4.78 is 24.7. The van der Waals surface area contributed by atoms with Gasteiger partial charge in [-0.1, -0.05) is 24.3 Å². The second kappa shape index (κ2) is 11.5. The molecule has 1 aliphatic rings. The van der Waals surface area contributed by atoms with Crippen LogP contribution in [0.15, 0.2) is 53.5 Å². The van der Waals surface area contributed by atoms with E-state index in [1.165, 1.54) is 12.1 Å². The number of nitrogens with two attached hydrogens (primary N) is 1. The number of nitrogens with one attached hydrogen (secondary N) is 1. The molecule has 8 heteroatoms. The molecule has 7 nitrogen and oxygen atoms in total. The molecule has 2 aromatic carbocycles. The number of ether oxygens (including phenoxy) is 2. The van der Waals surface area contributed by atoms with Crippen LogP contribution in [0, 0.1) is 5.82 Å². The number of carbonyl (C=O) groups is 1. The summed E-state index contributed by atoms with van der Waals surface area (Å²) in [6.07, 6.45) is 0.651. The first-order valence-corrected chi connectivity index (χ1v) is 10.9. The van der Waals surface area contributed by atoms with Gasteiger partial charge in [0.15, 0.2) is 12.6 Å². The van der Waals surface area contributed by atoms with Crippen LogP contribution in [-0.2, 0) is 16.0 Å². The van der Waals surface area contributed by atoms with Gasteiger partial charge in [0.25, 0.3) is 5.91 Å². The van der Waals surface area contributed by atoms with Crippen LogP contribution in [0.5, 0.6) is 5.75 Å². The van der Waals surface area contributed by atoms with E-state index in [4.69, 9.17) is 20.2 Å². The number of halogens is 1. The molecule has 1 fully saturated rings. The van der Waals surface area contributed by atoms with E-state index >= 15 is 0 Å². The fourth-order valence-corrected chi connectivity index (χ4v) is 3.61. The van der Waals surface area contributed by atoms with Crippen molar-refractivity contribution in [3.8, 4) is 5.75 Å². The standard InChI is InChI=1S/C24H31FN4O3/c1-3-27-24(28-13-12-18-4-10-21(11-5-18)31-16-23(26)30)29-14-17(2)32-22(15-29)19-6-8-20(25)9-7-19/h4-11,17,22H,3,12-16H2,1-2H3,(H2,26,30)(H,27,28). The average molecular weight is 443 g/mol. The van der Waals surface area contributed by atoms with Gasteiger partial charge in [-0.05, 0) is 55.7 Å². The molecular weight excluding hydrogens is 411 g/mol. The summed E-state index contributed by atoms with van der Waals surface area (Å²) in [5, 5.41) is 3.37. The van der Waals surface area contributed by atoms with Gasteiger partial charge in [-0.15, -0.1) is 0 Å². The molecule has 32 heavy (non-hydrogen) atoms. The third kappa shape index (κ3) is 6.95. The van der Waals surface area contributed by atoms with Crippen molar-refractivity contribution in [2.75, 3.05) is 32.8 Å². The molecule has 3 N–H and O–H groups in total. The van der Waals surface area contributed by atoms with Gasteiger partial charge in [0.1, 0.15) is 17.7 Å². The Labute approximate surface area is 188 Å². The second-order valence-electron chi connectivity index (χ2n) is 7.78. The number of hydrogen-bond acceptors (Lipinski definition) is 4. The first kappa shape index (κ1) is 23.5. The highest BCUT2D eigenvalue weighted by Gasteiger charge is 2.28. The minimum atomic E-state index is -0.501. The monoisotopic (exact) mass is 442 g/mol. The minimum absolute atomic E-state index is 0.0237. The summed E-state index contributed by atoms with van der Waals surface area (Å²) in [5.74, 6) is 0.699. The normalized spacial score (nSPS) is 19.0. The topological polar surface area (TPSA) is 89.2 Å². The maximum Gasteiger partial charge on any atom is 0.255 e. The van der Waals surface area contributed by atoms with Crippen LogP contribution in [0.3, 0.4) is 0 Å². The molecule has 3 rings (SSSR count). The molecule has 0 spiro atoms. The van der Waals surface area contributed by atoms with Gasteiger partial charge in [-0.3, -0.25) is 9.79 Å². The SMILES string of the molecule is CCNC(=NCCc1ccc(OCC(N)=O)cc1)N1CC(C)OC(c2ccc(F)cc2)C1. The van der Waals surface area contributed by atoms with Crippen LogP contribution in [0.2, 0.25) is 0 Å². The highest BCUT2D eigenvalue weighted by molar-refractivity contribution is 5.80. The first-order valence-electron chi connectivity index (χ1n) is 10.9. The van der Waals surface area contributed by atoms with Gasteiger partial charge in [0, 0.05) is 19.6 Å². The number of nitrogens with zero attached hydrogens (tertiary/aromatic N) is 2. The summed E-state index contributed by atoms with van der Waals surface area (Å²) in [6.45, 7) is 6.71. The lowest BCUT2D eigenvalue weighted by molar-refractivity contribution is -0.119. The third-order valence-electron chi connectivity index (χ3n) is 5.10. The molecule has 2 atom stereocenters. The Morgan fingerprint density at radius 2 is 1.94 bits per heavy atom. The van der Waals surface area contributed by atoms with Crippen molar-refractivity contribution in [3.05, 3.63) is 65.5 Å². The lowest BCUT2D eigenvalue weighted by atomic mass is 10.1. The third-order valence-corrected chi connectivity index (χ3v) is 5.10. The maximum atomic E-state index is 13.3. The highest BCUT2D eigenvalue weighted by Crippen LogP contribution is 2.25. The number of aliphatic imine (C=N–C) groups is 1. The van der Waals surface area contributed by atoms with Crippen molar-refractivity contribution in [3.63, 3.8) is 0 Å². The number of hydrogen-bond donors (Lipinski definition) is 2. The van der Waals surface area contributed by atoms with Crippen molar-refractivity contribution >= 4 is 11.9 Å². The molecule has 0 aromatic heterocycles. The highest BCUT2D eigenvalue weighted by atomic mass is 19.1. The number of carbonyl (C=O) groups excluding carboxylic acids is 1. The summed E-state index contributed by atoms with van der Waals surface area (Å²) >= 11 is 0. The summed E-state index contributed by atoms with van der Waals surface area (Å²) in [6, 6.07) is 14.0. The Morgan fingerprint density at radius 3 is 2.59 bits per heavy atom. The Morgan fingerprint density at radius 1 is 1.22 bits per heavy atom. The maximum absolute atomic E-state index is 13.3. The van der Waals surface area contributed by atoms with Gasteiger partial charge in [-0.2, -0.15) is 0 Å². The molecule has 2 unspecified atom stereocenters. The Kier molecular flexibility index (Phi) is 8.44. The lowest BCUT2D eigenvalue weighted by Gasteiger charge is -2.38. The summed E-state index contributed by atoms with van der Waals surface area (Å²) in [5.41, 5.74) is 7.17. The summed E-state index contributed by atoms with van der Waals surface area (Å²) in [4.78, 5) is 17.8. The molecule has 1 heterocycles. The minimum Gasteiger partial charge on any atom is -0.484 e. The summed E-state index contributed by atoms with van der Waals surface area (Å²) in [7, 11) is 0. The number of rotatable bonds is 8. The lowest BCUT2D eigenvalue weighted by Crippen LogP contribution is -2.50. The number of primary amides is 1. The van der Waals surface area contributed by atoms with Crippen molar-refractivity contribution in [2.45, 2.75) is 32.5 Å². The molecular formula is C24H31FN4O3. The zero-order valence-electron chi connectivity index (χ0n) is 18.6. The zero-order valence-corrected chi connectivity index (χ0v) is 18.6. The van der Waals surface area contributed by atoms with Gasteiger partial charge in [-0.25, -0.2) is 4.39 Å². The van der Waals surface area contributed by atoms with E-state index in [1.54, 1.807) is 12.1 Å². The van der Waals surface area contributed by atoms with Crippen LogP contribution in [0.25, 0.3) is 0 Å². The Balaban J connectivity index is 1.61. The van der Waals surface area contributed by atoms with Gasteiger partial charge < -0.3 is 25.4 Å². The van der Waals surface area contributed by atoms with E-state index in [2.05, 4.69) is 10.2 Å². The van der Waals surface area contributed by atoms with E-state index in [-0.39, 0.29) is 24.6 Å². The molecule has 0 radical (unpaired) electrons. The molecule has 2 aromatic rings. The van der Waals surface area contributed by atoms with Gasteiger partial charge in [0.2, 0.25) is 0 Å². The quantitative estimate of drug-likeness (QED) is 0.485. The van der Waals surface area contributed by atoms with E-state index < -0.39 is 5.91 Å². The Hall–Kier alpha value is -3.13. The largest absolute Gasteiger partial charge is 0.484 e. The fourth-order valence-electron chi connectivity index (χ4n) is 3.61. The van der Waals surface area contributed by atoms with Crippen LogP contribution >= 0.6 is 0 Å². The Bertz CT molecular complexity index is 902. The number of benzene rings is 2. The van der Waals surface area contributed by atoms with Crippen LogP contribution in [0.4, 0.5) is 4.39 Å². The first-order chi connectivity index (χ1) is 15.4. The van der Waals surface area contributed by atoms with Crippen molar-refractivity contribution < 1.29 is 18.7 Å². The van der Waals surface area contributed by atoms with E-state index in [0.717, 1.165) is 36.6 Å². The predicted molar refractivity (Wildman–Crippen MR) is 122 cm³/mol. The van der Waals surface area contributed by atoms with E-state index in [0.29, 0.717) is 18.8 Å². The zero-order chi connectivity index (χ0) is 22.9. The van der Waals surface area contributed by atoms with Gasteiger partial charge >= 0.3 is 0 Å². The van der Waals surface area contributed by atoms with Crippen LogP contribution in [-0.4, -0.2) is 55.7 Å². The van der Waals surface area contributed by atoms with Crippen molar-refractivity contribution in [1.82, 2.24) is 10.2 Å². The molecule has 1 aliphatic heterocycles. The number of guanidine groups is 1. The fraction of sp³-hybridized carbons (Fsp3) is 0.417. The average Bonchev–Trinajstić information content (AvgIpc) is 2.78. The van der Waals surface area contributed by atoms with E-state index in [1.807, 2.05) is 38.1 Å². The van der Waals surface area contributed by atoms with Crippen LogP contribution in [0.1, 0.15) is 31.1 Å². The van der Waals surface area contributed by atoms with Crippen molar-refractivity contribution in [1.29, 1.82) is 0 Å². The van der Waals surface area contributed by atoms with Gasteiger partial charge in [0.05, 0.1) is 12.6 Å². The number of amides is 1. The molecule has 1 amide bonds. The number of morpholine rings is 1. The second-order valence-corrected chi connectivity index (χ2v) is 7.78. The molecule has 1 saturated heterocycles. The predicted octanol–water partition coefficient (Wildman–Crippen LogP) is 2.66. The van der Waals surface area contributed by atoms with Crippen LogP contribution < -0.4 is 15.8 Å². The van der Waals surface area contributed by atoms with Crippen molar-refractivity contribution in [2.24, 2.45) is 10.7 Å². The van der Waals surface area contributed by atoms with E-state index in [9.17, 15) is 9.18 Å². The molecule has 172 valence electrons. The molecule has 0 saturated carbocycles. The molecule has 0 bridgehead atoms. The smallest absolute Gasteiger partial charge is 0.255 e.